The van der Waals surface area contributed by atoms with Gasteiger partial charge < -0.3 is 9.47 Å². The first kappa shape index (κ1) is 17.6. The van der Waals surface area contributed by atoms with E-state index in [2.05, 4.69) is 67.1 Å². The molecular weight excluding hydrogens is 328 g/mol. The monoisotopic (exact) mass is 353 g/mol. The number of hydrogen-bond acceptors (Lipinski definition) is 2. The van der Waals surface area contributed by atoms with E-state index < -0.39 is 0 Å². The lowest BCUT2D eigenvalue weighted by Crippen LogP contribution is -3.07. The number of hydrogen-bond donors (Lipinski definition) is 1. The molecule has 3 aromatic rings. The summed E-state index contributed by atoms with van der Waals surface area (Å²) in [5.41, 5.74) is 2.58. The second-order valence-corrected chi connectivity index (χ2v) is 6.75. The van der Waals surface area contributed by atoms with E-state index >= 15 is 0 Å². The van der Waals surface area contributed by atoms with Crippen LogP contribution in [0.25, 0.3) is 0 Å². The van der Waals surface area contributed by atoms with Crippen LogP contribution in [0.5, 0.6) is 0 Å². The molecule has 1 atom stereocenters. The standard InChI is InChI=1S/C20H24N4S/c1-3-23-19(14-17-10-6-4-7-11-17)21-24(20(23)25)16-22(2)15-18-12-8-5-9-13-18/h4-13H,3,14-16H2,1-2H3/p+1. The van der Waals surface area contributed by atoms with E-state index in [9.17, 15) is 0 Å². The Kier molecular flexibility index (Phi) is 5.79. The number of aromatic nitrogens is 3. The van der Waals surface area contributed by atoms with Crippen LogP contribution in [-0.4, -0.2) is 21.4 Å². The fourth-order valence-corrected chi connectivity index (χ4v) is 3.41. The van der Waals surface area contributed by atoms with Gasteiger partial charge in [0.15, 0.2) is 6.67 Å². The Labute approximate surface area is 154 Å². The Morgan fingerprint density at radius 3 is 2.16 bits per heavy atom. The minimum Gasteiger partial charge on any atom is -0.315 e. The van der Waals surface area contributed by atoms with Gasteiger partial charge >= 0.3 is 0 Å². The van der Waals surface area contributed by atoms with Crippen molar-refractivity contribution in [3.63, 3.8) is 0 Å². The van der Waals surface area contributed by atoms with Gasteiger partial charge in [-0.05, 0) is 24.7 Å². The number of nitrogens with zero attached hydrogens (tertiary/aromatic N) is 3. The van der Waals surface area contributed by atoms with Crippen molar-refractivity contribution in [2.45, 2.75) is 33.1 Å². The molecular formula is C20H25N4S+. The zero-order chi connectivity index (χ0) is 17.6. The number of nitrogens with one attached hydrogen (secondary N) is 1. The van der Waals surface area contributed by atoms with Crippen molar-refractivity contribution in [2.75, 3.05) is 7.05 Å². The van der Waals surface area contributed by atoms with Gasteiger partial charge in [-0.25, -0.2) is 0 Å². The average molecular weight is 354 g/mol. The maximum Gasteiger partial charge on any atom is 0.202 e. The third-order valence-corrected chi connectivity index (χ3v) is 4.72. The Balaban J connectivity index is 1.76. The van der Waals surface area contributed by atoms with Crippen molar-refractivity contribution in [3.8, 4) is 0 Å². The summed E-state index contributed by atoms with van der Waals surface area (Å²) in [4.78, 5) is 1.36. The van der Waals surface area contributed by atoms with Gasteiger partial charge in [0, 0.05) is 18.5 Å². The number of benzene rings is 2. The summed E-state index contributed by atoms with van der Waals surface area (Å²) in [5.74, 6) is 1.03. The molecule has 4 nitrogen and oxygen atoms in total. The molecule has 2 aromatic carbocycles. The van der Waals surface area contributed by atoms with Gasteiger partial charge in [0.2, 0.25) is 4.77 Å². The second kappa shape index (κ2) is 8.23. The van der Waals surface area contributed by atoms with Gasteiger partial charge in [-0.2, -0.15) is 9.78 Å². The molecule has 0 saturated carbocycles. The Morgan fingerprint density at radius 2 is 1.56 bits per heavy atom. The Morgan fingerprint density at radius 1 is 0.960 bits per heavy atom. The molecule has 1 unspecified atom stereocenters. The minimum atomic E-state index is 0.766. The molecule has 1 heterocycles. The zero-order valence-electron chi connectivity index (χ0n) is 14.9. The van der Waals surface area contributed by atoms with Crippen LogP contribution in [0.3, 0.4) is 0 Å². The quantitative estimate of drug-likeness (QED) is 0.661. The topological polar surface area (TPSA) is 27.2 Å². The van der Waals surface area contributed by atoms with Gasteiger partial charge in [-0.1, -0.05) is 60.7 Å². The smallest absolute Gasteiger partial charge is 0.202 e. The largest absolute Gasteiger partial charge is 0.315 e. The van der Waals surface area contributed by atoms with Gasteiger partial charge in [0.05, 0.1) is 7.05 Å². The van der Waals surface area contributed by atoms with E-state index in [1.165, 1.54) is 16.0 Å². The van der Waals surface area contributed by atoms with Crippen LogP contribution in [-0.2, 0) is 26.2 Å². The van der Waals surface area contributed by atoms with Gasteiger partial charge in [-0.15, -0.1) is 0 Å². The summed E-state index contributed by atoms with van der Waals surface area (Å²) in [7, 11) is 2.18. The minimum absolute atomic E-state index is 0.766. The second-order valence-electron chi connectivity index (χ2n) is 6.38. The Hall–Kier alpha value is -2.24. The van der Waals surface area contributed by atoms with Crippen LogP contribution in [0.1, 0.15) is 23.9 Å². The first-order chi connectivity index (χ1) is 12.2. The van der Waals surface area contributed by atoms with Crippen LogP contribution in [0.4, 0.5) is 0 Å². The summed E-state index contributed by atoms with van der Waals surface area (Å²) in [6.07, 6.45) is 0.809. The van der Waals surface area contributed by atoms with Crippen LogP contribution in [0.2, 0.25) is 0 Å². The molecule has 0 saturated heterocycles. The van der Waals surface area contributed by atoms with Gasteiger partial charge in [-0.3, -0.25) is 0 Å². The van der Waals surface area contributed by atoms with Crippen LogP contribution in [0, 0.1) is 4.77 Å². The van der Waals surface area contributed by atoms with Gasteiger partial charge in [0.1, 0.15) is 12.4 Å². The highest BCUT2D eigenvalue weighted by Crippen LogP contribution is 2.09. The van der Waals surface area contributed by atoms with Gasteiger partial charge in [0.25, 0.3) is 0 Å². The van der Waals surface area contributed by atoms with E-state index in [1.54, 1.807) is 0 Å². The van der Waals surface area contributed by atoms with E-state index in [1.807, 2.05) is 16.8 Å². The van der Waals surface area contributed by atoms with Crippen molar-refractivity contribution in [1.29, 1.82) is 0 Å². The van der Waals surface area contributed by atoms with Crippen molar-refractivity contribution < 1.29 is 4.90 Å². The van der Waals surface area contributed by atoms with Crippen LogP contribution >= 0.6 is 12.2 Å². The van der Waals surface area contributed by atoms with Crippen molar-refractivity contribution >= 4 is 12.2 Å². The van der Waals surface area contributed by atoms with Crippen molar-refractivity contribution in [1.82, 2.24) is 14.3 Å². The van der Waals surface area contributed by atoms with Crippen LogP contribution in [0.15, 0.2) is 60.7 Å². The van der Waals surface area contributed by atoms with Crippen LogP contribution < -0.4 is 4.90 Å². The molecule has 130 valence electrons. The van der Waals surface area contributed by atoms with E-state index in [4.69, 9.17) is 17.3 Å². The van der Waals surface area contributed by atoms with E-state index in [0.29, 0.717) is 0 Å². The Bertz CT molecular complexity index is 852. The lowest BCUT2D eigenvalue weighted by atomic mass is 10.1. The highest BCUT2D eigenvalue weighted by atomic mass is 32.1. The molecule has 0 aliphatic rings. The highest BCUT2D eigenvalue weighted by Gasteiger charge is 2.13. The molecule has 3 rings (SSSR count). The molecule has 0 spiro atoms. The lowest BCUT2D eigenvalue weighted by Gasteiger charge is -2.13. The molecule has 0 bridgehead atoms. The molecule has 0 fully saturated rings. The van der Waals surface area contributed by atoms with Crippen molar-refractivity contribution in [2.24, 2.45) is 0 Å². The first-order valence-electron chi connectivity index (χ1n) is 8.73. The SMILES string of the molecule is CCn1c(Cc2ccccc2)nn(C[NH+](C)Cc2ccccc2)c1=S. The fourth-order valence-electron chi connectivity index (χ4n) is 3.07. The third-order valence-electron chi connectivity index (χ3n) is 4.29. The highest BCUT2D eigenvalue weighted by molar-refractivity contribution is 7.71. The zero-order valence-corrected chi connectivity index (χ0v) is 15.7. The molecule has 25 heavy (non-hydrogen) atoms. The van der Waals surface area contributed by atoms with E-state index in [0.717, 1.165) is 36.8 Å². The normalized spacial score (nSPS) is 12.2. The predicted octanol–water partition coefficient (Wildman–Crippen LogP) is 2.70. The maximum absolute atomic E-state index is 5.66. The van der Waals surface area contributed by atoms with E-state index in [-0.39, 0.29) is 0 Å². The molecule has 0 amide bonds. The summed E-state index contributed by atoms with van der Waals surface area (Å²) in [5, 5.41) is 4.81. The average Bonchev–Trinajstić information content (AvgIpc) is 2.91. The maximum atomic E-state index is 5.66. The molecule has 0 aliphatic heterocycles. The summed E-state index contributed by atoms with van der Waals surface area (Å²) >= 11 is 5.66. The fraction of sp³-hybridized carbons (Fsp3) is 0.300. The van der Waals surface area contributed by atoms with Crippen molar-refractivity contribution in [3.05, 3.63) is 82.4 Å². The molecule has 1 aromatic heterocycles. The first-order valence-corrected chi connectivity index (χ1v) is 9.14. The molecule has 0 radical (unpaired) electrons. The molecule has 0 aliphatic carbocycles. The third kappa shape index (κ3) is 4.44. The predicted molar refractivity (Wildman–Crippen MR) is 103 cm³/mol. The number of rotatable bonds is 7. The summed E-state index contributed by atoms with van der Waals surface area (Å²) in [6, 6.07) is 21.0. The molecule has 1 N–H and O–H groups in total. The molecule has 5 heteroatoms. The lowest BCUT2D eigenvalue weighted by molar-refractivity contribution is -0.917. The number of quaternary nitrogens is 1. The summed E-state index contributed by atoms with van der Waals surface area (Å²) in [6.45, 7) is 4.69. The summed E-state index contributed by atoms with van der Waals surface area (Å²) < 4.78 is 4.91.